The third-order valence-corrected chi connectivity index (χ3v) is 3.37. The molecule has 1 saturated carbocycles. The Hall–Kier alpha value is -0.120. The van der Waals surface area contributed by atoms with Gasteiger partial charge < -0.3 is 15.8 Å². The summed E-state index contributed by atoms with van der Waals surface area (Å²) < 4.78 is 5.24. The molecule has 90 valence electrons. The van der Waals surface area contributed by atoms with E-state index in [0.717, 1.165) is 19.4 Å². The molecule has 15 heavy (non-hydrogen) atoms. The predicted octanol–water partition coefficient (Wildman–Crippen LogP) is 1.52. The molecule has 3 nitrogen and oxygen atoms in total. The highest BCUT2D eigenvalue weighted by atomic mass is 16.5. The molecular formula is C12H26N2O. The third-order valence-electron chi connectivity index (χ3n) is 3.37. The fraction of sp³-hybridized carbons (Fsp3) is 1.00. The molecule has 0 aromatic heterocycles. The van der Waals surface area contributed by atoms with Gasteiger partial charge in [-0.3, -0.25) is 0 Å². The Bertz CT molecular complexity index is 165. The highest BCUT2D eigenvalue weighted by Crippen LogP contribution is 2.18. The maximum absolute atomic E-state index is 5.89. The number of methoxy groups -OCH3 is 1. The molecule has 1 aliphatic carbocycles. The van der Waals surface area contributed by atoms with Gasteiger partial charge in [-0.25, -0.2) is 0 Å². The van der Waals surface area contributed by atoms with E-state index in [1.165, 1.54) is 12.8 Å². The van der Waals surface area contributed by atoms with Crippen molar-refractivity contribution in [3.8, 4) is 0 Å². The highest BCUT2D eigenvalue weighted by Gasteiger charge is 2.22. The van der Waals surface area contributed by atoms with E-state index in [1.807, 2.05) is 0 Å². The van der Waals surface area contributed by atoms with Crippen molar-refractivity contribution >= 4 is 0 Å². The SMILES string of the molecule is COCC(NC1CCC(N)CC1)C(C)C. The van der Waals surface area contributed by atoms with Gasteiger partial charge in [0.1, 0.15) is 0 Å². The maximum atomic E-state index is 5.89. The largest absolute Gasteiger partial charge is 0.383 e. The Morgan fingerprint density at radius 2 is 1.87 bits per heavy atom. The normalized spacial score (nSPS) is 29.4. The van der Waals surface area contributed by atoms with Crippen LogP contribution in [0.3, 0.4) is 0 Å². The van der Waals surface area contributed by atoms with Gasteiger partial charge in [0.25, 0.3) is 0 Å². The number of hydrogen-bond acceptors (Lipinski definition) is 3. The first-order valence-corrected chi connectivity index (χ1v) is 6.14. The molecule has 0 spiro atoms. The van der Waals surface area contributed by atoms with Crippen LogP contribution in [0.25, 0.3) is 0 Å². The smallest absolute Gasteiger partial charge is 0.0618 e. The molecule has 1 atom stereocenters. The van der Waals surface area contributed by atoms with Crippen LogP contribution >= 0.6 is 0 Å². The Morgan fingerprint density at radius 1 is 1.27 bits per heavy atom. The Labute approximate surface area is 93.8 Å². The summed E-state index contributed by atoms with van der Waals surface area (Å²) in [6.07, 6.45) is 4.76. The summed E-state index contributed by atoms with van der Waals surface area (Å²) in [6, 6.07) is 1.56. The monoisotopic (exact) mass is 214 g/mol. The van der Waals surface area contributed by atoms with E-state index in [2.05, 4.69) is 19.2 Å². The molecule has 0 radical (unpaired) electrons. The number of nitrogens with two attached hydrogens (primary N) is 1. The minimum atomic E-state index is 0.433. The van der Waals surface area contributed by atoms with Gasteiger partial charge in [0.15, 0.2) is 0 Å². The van der Waals surface area contributed by atoms with Crippen molar-refractivity contribution in [2.75, 3.05) is 13.7 Å². The van der Waals surface area contributed by atoms with E-state index in [4.69, 9.17) is 10.5 Å². The van der Waals surface area contributed by atoms with Crippen LogP contribution in [0.15, 0.2) is 0 Å². The topological polar surface area (TPSA) is 47.3 Å². The van der Waals surface area contributed by atoms with E-state index in [9.17, 15) is 0 Å². The van der Waals surface area contributed by atoms with Crippen molar-refractivity contribution in [3.63, 3.8) is 0 Å². The Morgan fingerprint density at radius 3 is 2.33 bits per heavy atom. The van der Waals surface area contributed by atoms with Crippen LogP contribution in [0.4, 0.5) is 0 Å². The lowest BCUT2D eigenvalue weighted by atomic mass is 9.90. The first-order valence-electron chi connectivity index (χ1n) is 6.14. The lowest BCUT2D eigenvalue weighted by Gasteiger charge is -2.32. The van der Waals surface area contributed by atoms with Crippen LogP contribution in [0.2, 0.25) is 0 Å². The molecular weight excluding hydrogens is 188 g/mol. The number of hydrogen-bond donors (Lipinski definition) is 2. The molecule has 1 fully saturated rings. The zero-order valence-electron chi connectivity index (χ0n) is 10.3. The molecule has 0 saturated heterocycles. The summed E-state index contributed by atoms with van der Waals surface area (Å²) in [5.41, 5.74) is 5.89. The number of ether oxygens (including phenoxy) is 1. The third kappa shape index (κ3) is 4.49. The van der Waals surface area contributed by atoms with Crippen LogP contribution in [0, 0.1) is 5.92 Å². The van der Waals surface area contributed by atoms with E-state index < -0.39 is 0 Å². The fourth-order valence-electron chi connectivity index (χ4n) is 2.20. The van der Waals surface area contributed by atoms with E-state index in [1.54, 1.807) is 7.11 Å². The van der Waals surface area contributed by atoms with Crippen LogP contribution in [0.5, 0.6) is 0 Å². The molecule has 0 heterocycles. The van der Waals surface area contributed by atoms with E-state index >= 15 is 0 Å². The van der Waals surface area contributed by atoms with Gasteiger partial charge in [0.2, 0.25) is 0 Å². The summed E-state index contributed by atoms with van der Waals surface area (Å²) in [5, 5.41) is 3.70. The first-order chi connectivity index (χ1) is 7.13. The van der Waals surface area contributed by atoms with Crippen molar-refractivity contribution < 1.29 is 4.74 Å². The van der Waals surface area contributed by atoms with Gasteiger partial charge in [-0.05, 0) is 31.6 Å². The average Bonchev–Trinajstić information content (AvgIpc) is 2.20. The lowest BCUT2D eigenvalue weighted by Crippen LogP contribution is -2.46. The van der Waals surface area contributed by atoms with Gasteiger partial charge in [-0.15, -0.1) is 0 Å². The molecule has 0 aromatic rings. The van der Waals surface area contributed by atoms with Crippen LogP contribution in [-0.4, -0.2) is 31.8 Å². The number of nitrogens with one attached hydrogen (secondary N) is 1. The second kappa shape index (κ2) is 6.46. The Balaban J connectivity index is 2.31. The molecule has 3 heteroatoms. The van der Waals surface area contributed by atoms with Gasteiger partial charge in [0.05, 0.1) is 6.61 Å². The molecule has 0 bridgehead atoms. The molecule has 0 aromatic carbocycles. The molecule has 0 amide bonds. The van der Waals surface area contributed by atoms with Crippen molar-refractivity contribution in [2.24, 2.45) is 11.7 Å². The zero-order valence-corrected chi connectivity index (χ0v) is 10.3. The van der Waals surface area contributed by atoms with Crippen molar-refractivity contribution in [2.45, 2.75) is 57.7 Å². The van der Waals surface area contributed by atoms with Gasteiger partial charge in [-0.1, -0.05) is 13.8 Å². The minimum absolute atomic E-state index is 0.433. The zero-order chi connectivity index (χ0) is 11.3. The maximum Gasteiger partial charge on any atom is 0.0618 e. The summed E-state index contributed by atoms with van der Waals surface area (Å²) in [7, 11) is 1.77. The highest BCUT2D eigenvalue weighted by molar-refractivity contribution is 4.82. The van der Waals surface area contributed by atoms with Gasteiger partial charge >= 0.3 is 0 Å². The second-order valence-corrected chi connectivity index (χ2v) is 5.08. The summed E-state index contributed by atoms with van der Waals surface area (Å²) >= 11 is 0. The van der Waals surface area contributed by atoms with Gasteiger partial charge in [0, 0.05) is 25.2 Å². The first kappa shape index (κ1) is 12.9. The summed E-state index contributed by atoms with van der Waals surface area (Å²) in [4.78, 5) is 0. The molecule has 3 N–H and O–H groups in total. The second-order valence-electron chi connectivity index (χ2n) is 5.08. The van der Waals surface area contributed by atoms with Crippen LogP contribution < -0.4 is 11.1 Å². The van der Waals surface area contributed by atoms with Gasteiger partial charge in [-0.2, -0.15) is 0 Å². The van der Waals surface area contributed by atoms with E-state index in [-0.39, 0.29) is 0 Å². The van der Waals surface area contributed by atoms with Crippen molar-refractivity contribution in [1.82, 2.24) is 5.32 Å². The standard InChI is InChI=1S/C12H26N2O/c1-9(2)12(8-15-3)14-11-6-4-10(13)5-7-11/h9-12,14H,4-8,13H2,1-3H3. The molecule has 1 aliphatic rings. The van der Waals surface area contributed by atoms with Crippen molar-refractivity contribution in [1.29, 1.82) is 0 Å². The fourth-order valence-corrected chi connectivity index (χ4v) is 2.20. The van der Waals surface area contributed by atoms with E-state index in [0.29, 0.717) is 24.0 Å². The number of rotatable bonds is 5. The minimum Gasteiger partial charge on any atom is -0.383 e. The van der Waals surface area contributed by atoms with Crippen LogP contribution in [0.1, 0.15) is 39.5 Å². The quantitative estimate of drug-likeness (QED) is 0.729. The summed E-state index contributed by atoms with van der Waals surface area (Å²) in [5.74, 6) is 0.626. The van der Waals surface area contributed by atoms with Crippen molar-refractivity contribution in [3.05, 3.63) is 0 Å². The average molecular weight is 214 g/mol. The summed E-state index contributed by atoms with van der Waals surface area (Å²) in [6.45, 7) is 5.29. The molecule has 0 aliphatic heterocycles. The Kier molecular flexibility index (Phi) is 5.58. The lowest BCUT2D eigenvalue weighted by molar-refractivity contribution is 0.134. The predicted molar refractivity (Wildman–Crippen MR) is 63.9 cm³/mol. The molecule has 1 rings (SSSR count). The van der Waals surface area contributed by atoms with Crippen LogP contribution in [-0.2, 0) is 4.74 Å². The molecule has 1 unspecified atom stereocenters.